The van der Waals surface area contributed by atoms with Gasteiger partial charge in [0.1, 0.15) is 0 Å². The summed E-state index contributed by atoms with van der Waals surface area (Å²) in [4.78, 5) is 3.55. The van der Waals surface area contributed by atoms with Gasteiger partial charge in [-0.25, -0.2) is 0 Å². The Morgan fingerprint density at radius 1 is 1.56 bits per heavy atom. The highest BCUT2D eigenvalue weighted by atomic mass is 35.5. The Kier molecular flexibility index (Phi) is 5.04. The van der Waals surface area contributed by atoms with Crippen LogP contribution >= 0.6 is 22.9 Å². The second-order valence-electron chi connectivity index (χ2n) is 4.99. The van der Waals surface area contributed by atoms with Gasteiger partial charge in [-0.05, 0) is 38.9 Å². The average Bonchev–Trinajstić information content (AvgIpc) is 2.89. The van der Waals surface area contributed by atoms with E-state index in [2.05, 4.69) is 24.9 Å². The van der Waals surface area contributed by atoms with Crippen molar-refractivity contribution in [3.8, 4) is 0 Å². The Morgan fingerprint density at radius 2 is 2.33 bits per heavy atom. The van der Waals surface area contributed by atoms with Gasteiger partial charge < -0.3 is 10.5 Å². The molecule has 0 radical (unpaired) electrons. The van der Waals surface area contributed by atoms with Crippen molar-refractivity contribution in [2.75, 3.05) is 13.6 Å². The number of hydrogen-bond acceptors (Lipinski definition) is 4. The number of nitrogens with zero attached hydrogens (tertiary/aromatic N) is 1. The Bertz CT molecular complexity index is 385. The van der Waals surface area contributed by atoms with E-state index in [0.29, 0.717) is 12.6 Å². The van der Waals surface area contributed by atoms with Crippen molar-refractivity contribution in [1.82, 2.24) is 4.90 Å². The standard InChI is InChI=1S/C13H21ClN2OS/c1-9-3-5-12(17-9)11(7-15)16(2)8-10-4-6-13(14)18-10/h4,6,9,11-12H,3,5,7-8,15H2,1-2H3. The van der Waals surface area contributed by atoms with Crippen LogP contribution in [0.1, 0.15) is 24.6 Å². The fourth-order valence-corrected chi connectivity index (χ4v) is 3.68. The minimum atomic E-state index is 0.269. The number of nitrogens with two attached hydrogens (primary N) is 1. The minimum Gasteiger partial charge on any atom is -0.374 e. The summed E-state index contributed by atoms with van der Waals surface area (Å²) < 4.78 is 6.78. The van der Waals surface area contributed by atoms with Gasteiger partial charge >= 0.3 is 0 Å². The topological polar surface area (TPSA) is 38.5 Å². The van der Waals surface area contributed by atoms with Crippen LogP contribution in [0.2, 0.25) is 4.34 Å². The molecule has 1 aliphatic heterocycles. The fraction of sp³-hybridized carbons (Fsp3) is 0.692. The normalized spacial score (nSPS) is 25.8. The van der Waals surface area contributed by atoms with Crippen molar-refractivity contribution >= 4 is 22.9 Å². The lowest BCUT2D eigenvalue weighted by atomic mass is 10.1. The van der Waals surface area contributed by atoms with Crippen molar-refractivity contribution < 1.29 is 4.74 Å². The highest BCUT2D eigenvalue weighted by Gasteiger charge is 2.31. The third-order valence-electron chi connectivity index (χ3n) is 3.54. The van der Waals surface area contributed by atoms with Gasteiger partial charge in [0.2, 0.25) is 0 Å². The number of likely N-dealkylation sites (N-methyl/N-ethyl adjacent to an activating group) is 1. The predicted octanol–water partition coefficient (Wildman–Crippen LogP) is 2.73. The molecule has 2 heterocycles. The first-order valence-electron chi connectivity index (χ1n) is 6.40. The highest BCUT2D eigenvalue weighted by molar-refractivity contribution is 7.16. The molecule has 0 aliphatic carbocycles. The molecule has 2 N–H and O–H groups in total. The number of thiophene rings is 1. The Hall–Kier alpha value is -0.130. The lowest BCUT2D eigenvalue weighted by Gasteiger charge is -2.31. The summed E-state index contributed by atoms with van der Waals surface area (Å²) in [6.07, 6.45) is 2.89. The average molecular weight is 289 g/mol. The predicted molar refractivity (Wildman–Crippen MR) is 77.2 cm³/mol. The van der Waals surface area contributed by atoms with Gasteiger partial charge in [0.15, 0.2) is 0 Å². The van der Waals surface area contributed by atoms with Crippen LogP contribution in [0.3, 0.4) is 0 Å². The number of hydrogen-bond donors (Lipinski definition) is 1. The summed E-state index contributed by atoms with van der Waals surface area (Å²) in [6.45, 7) is 3.65. The molecular weight excluding hydrogens is 268 g/mol. The monoisotopic (exact) mass is 288 g/mol. The van der Waals surface area contributed by atoms with E-state index >= 15 is 0 Å². The molecule has 1 aromatic heterocycles. The van der Waals surface area contributed by atoms with Crippen LogP contribution in [0, 0.1) is 0 Å². The van der Waals surface area contributed by atoms with Gasteiger partial charge in [0.25, 0.3) is 0 Å². The first-order valence-corrected chi connectivity index (χ1v) is 7.59. The zero-order valence-electron chi connectivity index (χ0n) is 10.9. The summed E-state index contributed by atoms with van der Waals surface area (Å²) in [6, 6.07) is 4.31. The molecule has 3 nitrogen and oxygen atoms in total. The van der Waals surface area contributed by atoms with E-state index in [1.54, 1.807) is 11.3 Å². The molecule has 102 valence electrons. The Balaban J connectivity index is 1.95. The van der Waals surface area contributed by atoms with E-state index in [9.17, 15) is 0 Å². The molecule has 0 aromatic carbocycles. The first-order chi connectivity index (χ1) is 8.60. The van der Waals surface area contributed by atoms with Gasteiger partial charge in [-0.3, -0.25) is 4.90 Å². The molecule has 3 atom stereocenters. The zero-order chi connectivity index (χ0) is 13.1. The zero-order valence-corrected chi connectivity index (χ0v) is 12.5. The Labute approximate surface area is 118 Å². The molecular formula is C13H21ClN2OS. The molecule has 1 aliphatic rings. The second-order valence-corrected chi connectivity index (χ2v) is 6.79. The number of rotatable bonds is 5. The van der Waals surface area contributed by atoms with Crippen molar-refractivity contribution in [2.45, 2.75) is 44.6 Å². The third kappa shape index (κ3) is 3.45. The van der Waals surface area contributed by atoms with Crippen molar-refractivity contribution in [2.24, 2.45) is 5.73 Å². The van der Waals surface area contributed by atoms with Crippen LogP contribution in [-0.4, -0.2) is 36.7 Å². The summed E-state index contributed by atoms with van der Waals surface area (Å²) in [5, 5.41) is 0. The molecule has 5 heteroatoms. The van der Waals surface area contributed by atoms with Gasteiger partial charge in [0.05, 0.1) is 16.5 Å². The number of ether oxygens (including phenoxy) is 1. The second kappa shape index (κ2) is 6.35. The van der Waals surface area contributed by atoms with Crippen LogP contribution in [0.5, 0.6) is 0 Å². The minimum absolute atomic E-state index is 0.269. The lowest BCUT2D eigenvalue weighted by Crippen LogP contribution is -2.45. The molecule has 0 saturated carbocycles. The quantitative estimate of drug-likeness (QED) is 0.905. The smallest absolute Gasteiger partial charge is 0.0931 e. The molecule has 18 heavy (non-hydrogen) atoms. The molecule has 2 rings (SSSR count). The van der Waals surface area contributed by atoms with E-state index in [1.807, 2.05) is 6.07 Å². The summed E-state index contributed by atoms with van der Waals surface area (Å²) in [5.41, 5.74) is 5.91. The lowest BCUT2D eigenvalue weighted by molar-refractivity contribution is 0.00107. The maximum Gasteiger partial charge on any atom is 0.0931 e. The van der Waals surface area contributed by atoms with Crippen LogP contribution in [0.25, 0.3) is 0 Å². The van der Waals surface area contributed by atoms with Gasteiger partial charge in [-0.15, -0.1) is 11.3 Å². The van der Waals surface area contributed by atoms with Crippen LogP contribution < -0.4 is 5.73 Å². The van der Waals surface area contributed by atoms with E-state index < -0.39 is 0 Å². The van der Waals surface area contributed by atoms with Crippen LogP contribution in [0.15, 0.2) is 12.1 Å². The molecule has 0 spiro atoms. The molecule has 1 saturated heterocycles. The summed E-state index contributed by atoms with van der Waals surface area (Å²) in [5.74, 6) is 0. The van der Waals surface area contributed by atoms with Crippen LogP contribution in [-0.2, 0) is 11.3 Å². The third-order valence-corrected chi connectivity index (χ3v) is 4.75. The van der Waals surface area contributed by atoms with Crippen molar-refractivity contribution in [1.29, 1.82) is 0 Å². The maximum atomic E-state index is 5.95. The molecule has 0 bridgehead atoms. The molecule has 1 fully saturated rings. The van der Waals surface area contributed by atoms with Gasteiger partial charge in [0, 0.05) is 24.0 Å². The number of halogens is 1. The van der Waals surface area contributed by atoms with E-state index in [1.165, 1.54) is 4.88 Å². The molecule has 3 unspecified atom stereocenters. The van der Waals surface area contributed by atoms with E-state index in [0.717, 1.165) is 23.7 Å². The first kappa shape index (κ1) is 14.3. The van der Waals surface area contributed by atoms with Gasteiger partial charge in [-0.2, -0.15) is 0 Å². The van der Waals surface area contributed by atoms with Crippen molar-refractivity contribution in [3.63, 3.8) is 0 Å². The summed E-state index contributed by atoms with van der Waals surface area (Å²) >= 11 is 7.58. The van der Waals surface area contributed by atoms with Gasteiger partial charge in [-0.1, -0.05) is 11.6 Å². The largest absolute Gasteiger partial charge is 0.374 e. The maximum absolute atomic E-state index is 5.95. The van der Waals surface area contributed by atoms with Crippen molar-refractivity contribution in [3.05, 3.63) is 21.3 Å². The SMILES string of the molecule is CC1CCC(C(CN)N(C)Cc2ccc(Cl)s2)O1. The summed E-state index contributed by atoms with van der Waals surface area (Å²) in [7, 11) is 2.11. The van der Waals surface area contributed by atoms with Crippen LogP contribution in [0.4, 0.5) is 0 Å². The highest BCUT2D eigenvalue weighted by Crippen LogP contribution is 2.26. The Morgan fingerprint density at radius 3 is 2.83 bits per heavy atom. The molecule has 1 aromatic rings. The van der Waals surface area contributed by atoms with E-state index in [4.69, 9.17) is 22.1 Å². The van der Waals surface area contributed by atoms with E-state index in [-0.39, 0.29) is 12.1 Å². The molecule has 0 amide bonds. The fourth-order valence-electron chi connectivity index (χ4n) is 2.53.